The number of rotatable bonds is 6. The first-order chi connectivity index (χ1) is 10.3. The summed E-state index contributed by atoms with van der Waals surface area (Å²) in [4.78, 5) is 2.53. The van der Waals surface area contributed by atoms with Crippen molar-refractivity contribution >= 4 is 20.4 Å². The van der Waals surface area contributed by atoms with E-state index in [1.165, 1.54) is 5.56 Å². The van der Waals surface area contributed by atoms with Gasteiger partial charge in [-0.15, -0.1) is 6.58 Å². The molecule has 0 aliphatic carbocycles. The SMILES string of the molecule is C=CCN1C[C@H](c2ccsc2)[C@@H](C(O[SiH](C)C)C(C)(C)C)C1. The van der Waals surface area contributed by atoms with Crippen LogP contribution in [0.25, 0.3) is 0 Å². The van der Waals surface area contributed by atoms with Crippen LogP contribution in [0.2, 0.25) is 13.1 Å². The van der Waals surface area contributed by atoms with Crippen LogP contribution < -0.4 is 0 Å². The van der Waals surface area contributed by atoms with Gasteiger partial charge in [-0.2, -0.15) is 11.3 Å². The van der Waals surface area contributed by atoms with Crippen LogP contribution in [0, 0.1) is 11.3 Å². The summed E-state index contributed by atoms with van der Waals surface area (Å²) in [6.45, 7) is 18.7. The molecule has 22 heavy (non-hydrogen) atoms. The summed E-state index contributed by atoms with van der Waals surface area (Å²) in [6.07, 6.45) is 2.36. The van der Waals surface area contributed by atoms with E-state index in [1.54, 1.807) is 11.3 Å². The molecule has 1 unspecified atom stereocenters. The minimum absolute atomic E-state index is 0.181. The Balaban J connectivity index is 2.27. The van der Waals surface area contributed by atoms with Crippen LogP contribution in [-0.4, -0.2) is 39.7 Å². The highest BCUT2D eigenvalue weighted by Gasteiger charge is 2.43. The van der Waals surface area contributed by atoms with Crippen molar-refractivity contribution in [1.29, 1.82) is 0 Å². The van der Waals surface area contributed by atoms with Crippen LogP contribution in [0.4, 0.5) is 0 Å². The van der Waals surface area contributed by atoms with Gasteiger partial charge in [0.2, 0.25) is 0 Å². The zero-order chi connectivity index (χ0) is 16.3. The number of hydrogen-bond donors (Lipinski definition) is 0. The molecule has 4 heteroatoms. The van der Waals surface area contributed by atoms with E-state index in [0.29, 0.717) is 17.9 Å². The molecule has 0 bridgehead atoms. The third-order valence-corrected chi connectivity index (χ3v) is 6.00. The molecular weight excluding hydrogens is 306 g/mol. The van der Waals surface area contributed by atoms with Crippen LogP contribution >= 0.6 is 11.3 Å². The van der Waals surface area contributed by atoms with Crippen LogP contribution in [0.5, 0.6) is 0 Å². The van der Waals surface area contributed by atoms with E-state index in [4.69, 9.17) is 4.43 Å². The lowest BCUT2D eigenvalue weighted by Gasteiger charge is -2.39. The van der Waals surface area contributed by atoms with E-state index >= 15 is 0 Å². The fraction of sp³-hybridized carbons (Fsp3) is 0.667. The molecule has 2 rings (SSSR count). The quantitative estimate of drug-likeness (QED) is 0.565. The molecule has 0 spiro atoms. The summed E-state index contributed by atoms with van der Waals surface area (Å²) in [7, 11) is -1.06. The normalized spacial score (nSPS) is 24.8. The van der Waals surface area contributed by atoms with Gasteiger partial charge >= 0.3 is 0 Å². The predicted molar refractivity (Wildman–Crippen MR) is 100 cm³/mol. The molecule has 1 aliphatic heterocycles. The van der Waals surface area contributed by atoms with Gasteiger partial charge in [0.05, 0.1) is 6.10 Å². The van der Waals surface area contributed by atoms with Crippen LogP contribution in [0.15, 0.2) is 29.5 Å². The van der Waals surface area contributed by atoms with Crippen molar-refractivity contribution in [3.8, 4) is 0 Å². The van der Waals surface area contributed by atoms with Gasteiger partial charge in [0.1, 0.15) is 0 Å². The van der Waals surface area contributed by atoms with Gasteiger partial charge in [-0.1, -0.05) is 26.8 Å². The number of likely N-dealkylation sites (tertiary alicyclic amines) is 1. The second kappa shape index (κ2) is 7.43. The van der Waals surface area contributed by atoms with Crippen molar-refractivity contribution in [3.63, 3.8) is 0 Å². The van der Waals surface area contributed by atoms with E-state index in [2.05, 4.69) is 62.2 Å². The summed E-state index contributed by atoms with van der Waals surface area (Å²) >= 11 is 1.81. The molecule has 0 saturated carbocycles. The van der Waals surface area contributed by atoms with Gasteiger partial charge in [-0.3, -0.25) is 4.90 Å². The molecule has 1 saturated heterocycles. The summed E-state index contributed by atoms with van der Waals surface area (Å²) in [6, 6.07) is 2.30. The number of hydrogen-bond acceptors (Lipinski definition) is 3. The lowest BCUT2D eigenvalue weighted by atomic mass is 9.75. The molecule has 0 N–H and O–H groups in total. The second-order valence-corrected chi connectivity index (χ2v) is 11.0. The maximum absolute atomic E-state index is 6.54. The van der Waals surface area contributed by atoms with E-state index in [0.717, 1.165) is 19.6 Å². The van der Waals surface area contributed by atoms with Gasteiger partial charge in [-0.05, 0) is 40.9 Å². The third-order valence-electron chi connectivity index (χ3n) is 4.46. The summed E-state index contributed by atoms with van der Waals surface area (Å²) in [5.74, 6) is 1.16. The van der Waals surface area contributed by atoms with Gasteiger partial charge in [-0.25, -0.2) is 0 Å². The molecular formula is C18H31NOSSi. The first-order valence-corrected chi connectivity index (χ1v) is 12.1. The molecule has 2 nitrogen and oxygen atoms in total. The molecule has 3 atom stereocenters. The molecule has 1 aromatic rings. The van der Waals surface area contributed by atoms with Crippen LogP contribution in [0.3, 0.4) is 0 Å². The average Bonchev–Trinajstić information content (AvgIpc) is 3.03. The zero-order valence-corrected chi connectivity index (χ0v) is 16.7. The van der Waals surface area contributed by atoms with Gasteiger partial charge in [0.15, 0.2) is 9.04 Å². The molecule has 1 aliphatic rings. The Labute approximate surface area is 141 Å². The molecule has 2 heterocycles. The molecule has 124 valence electrons. The van der Waals surface area contributed by atoms with Crippen LogP contribution in [-0.2, 0) is 4.43 Å². The topological polar surface area (TPSA) is 12.5 Å². The largest absolute Gasteiger partial charge is 0.417 e. The van der Waals surface area contributed by atoms with Crippen molar-refractivity contribution in [1.82, 2.24) is 4.90 Å². The van der Waals surface area contributed by atoms with Crippen LogP contribution in [0.1, 0.15) is 32.3 Å². The maximum atomic E-state index is 6.54. The first kappa shape index (κ1) is 17.9. The Hall–Kier alpha value is -0.423. The Morgan fingerprint density at radius 3 is 2.68 bits per heavy atom. The fourth-order valence-electron chi connectivity index (χ4n) is 3.63. The monoisotopic (exact) mass is 337 g/mol. The Morgan fingerprint density at radius 1 is 1.45 bits per heavy atom. The Bertz CT molecular complexity index is 466. The van der Waals surface area contributed by atoms with E-state index in [-0.39, 0.29) is 5.41 Å². The predicted octanol–water partition coefficient (Wildman–Crippen LogP) is 4.36. The summed E-state index contributed by atoms with van der Waals surface area (Å²) < 4.78 is 6.54. The molecule has 0 aromatic carbocycles. The van der Waals surface area contributed by atoms with E-state index in [9.17, 15) is 0 Å². The fourth-order valence-corrected chi connectivity index (χ4v) is 5.55. The lowest BCUT2D eigenvalue weighted by molar-refractivity contribution is 0.0309. The molecule has 1 aromatic heterocycles. The van der Waals surface area contributed by atoms with Gasteiger partial charge < -0.3 is 4.43 Å². The summed E-state index contributed by atoms with van der Waals surface area (Å²) in [5.41, 5.74) is 1.67. The maximum Gasteiger partial charge on any atom is 0.171 e. The van der Waals surface area contributed by atoms with Gasteiger partial charge in [0, 0.05) is 31.5 Å². The highest BCUT2D eigenvalue weighted by Crippen LogP contribution is 2.42. The highest BCUT2D eigenvalue weighted by atomic mass is 32.1. The van der Waals surface area contributed by atoms with Crippen molar-refractivity contribution in [2.24, 2.45) is 11.3 Å². The summed E-state index contributed by atoms with van der Waals surface area (Å²) in [5, 5.41) is 4.52. The zero-order valence-electron chi connectivity index (χ0n) is 14.7. The average molecular weight is 338 g/mol. The first-order valence-electron chi connectivity index (χ1n) is 8.33. The van der Waals surface area contributed by atoms with Gasteiger partial charge in [0.25, 0.3) is 0 Å². The van der Waals surface area contributed by atoms with Crippen molar-refractivity contribution in [3.05, 3.63) is 35.0 Å². The smallest absolute Gasteiger partial charge is 0.171 e. The molecule has 1 fully saturated rings. The van der Waals surface area contributed by atoms with Crippen molar-refractivity contribution < 1.29 is 4.43 Å². The molecule has 0 radical (unpaired) electrons. The highest BCUT2D eigenvalue weighted by molar-refractivity contribution is 7.08. The second-order valence-electron chi connectivity index (χ2n) is 7.81. The Kier molecular flexibility index (Phi) is 6.05. The van der Waals surface area contributed by atoms with Crippen molar-refractivity contribution in [2.45, 2.75) is 45.9 Å². The number of thiophene rings is 1. The lowest BCUT2D eigenvalue weighted by Crippen LogP contribution is -2.42. The number of nitrogens with zero attached hydrogens (tertiary/aromatic N) is 1. The van der Waals surface area contributed by atoms with Crippen molar-refractivity contribution in [2.75, 3.05) is 19.6 Å². The van der Waals surface area contributed by atoms with E-state index < -0.39 is 9.04 Å². The Morgan fingerprint density at radius 2 is 2.18 bits per heavy atom. The minimum Gasteiger partial charge on any atom is -0.417 e. The standard InChI is InChI=1S/C18H31NOSSi/c1-7-9-19-11-15(14-8-10-21-13-14)16(12-19)17(18(2,3)4)20-22(5)6/h7-8,10,13,15-17,22H,1,9,11-12H2,2-6H3/t15-,16+,17?/m1/s1. The molecule has 0 amide bonds. The van der Waals surface area contributed by atoms with E-state index in [1.807, 2.05) is 6.08 Å². The minimum atomic E-state index is -1.06. The third kappa shape index (κ3) is 4.31.